The van der Waals surface area contributed by atoms with Crippen molar-refractivity contribution in [3.63, 3.8) is 0 Å². The van der Waals surface area contributed by atoms with Crippen LogP contribution in [0.3, 0.4) is 0 Å². The molecule has 0 saturated heterocycles. The predicted molar refractivity (Wildman–Crippen MR) is 102 cm³/mol. The summed E-state index contributed by atoms with van der Waals surface area (Å²) >= 11 is 0. The van der Waals surface area contributed by atoms with Gasteiger partial charge < -0.3 is 15.4 Å². The third kappa shape index (κ3) is 6.26. The van der Waals surface area contributed by atoms with Gasteiger partial charge in [0.1, 0.15) is 0 Å². The number of ether oxygens (including phenoxy) is 1. The summed E-state index contributed by atoms with van der Waals surface area (Å²) in [7, 11) is 0. The van der Waals surface area contributed by atoms with Crippen molar-refractivity contribution in [2.45, 2.75) is 32.4 Å². The highest BCUT2D eigenvalue weighted by molar-refractivity contribution is 5.97. The Labute approximate surface area is 158 Å². The Morgan fingerprint density at radius 1 is 0.926 bits per heavy atom. The van der Waals surface area contributed by atoms with Crippen LogP contribution in [-0.2, 0) is 14.3 Å². The largest absolute Gasteiger partial charge is 0.454 e. The van der Waals surface area contributed by atoms with Crippen LogP contribution in [0.15, 0.2) is 60.7 Å². The molecule has 2 unspecified atom stereocenters. The average molecular weight is 368 g/mol. The summed E-state index contributed by atoms with van der Waals surface area (Å²) in [4.78, 5) is 36.9. The minimum Gasteiger partial charge on any atom is -0.454 e. The van der Waals surface area contributed by atoms with E-state index >= 15 is 0 Å². The summed E-state index contributed by atoms with van der Waals surface area (Å²) in [6, 6.07) is 16.4. The molecule has 0 aliphatic carbocycles. The Morgan fingerprint density at radius 3 is 2.11 bits per heavy atom. The second-order valence-electron chi connectivity index (χ2n) is 6.17. The summed E-state index contributed by atoms with van der Waals surface area (Å²) < 4.78 is 5.14. The number of hydrogen-bond donors (Lipinski definition) is 2. The molecular weight excluding hydrogens is 344 g/mol. The molecule has 0 fully saturated rings. The van der Waals surface area contributed by atoms with E-state index < -0.39 is 24.5 Å². The maximum Gasteiger partial charge on any atom is 0.333 e. The van der Waals surface area contributed by atoms with E-state index in [9.17, 15) is 14.4 Å². The van der Waals surface area contributed by atoms with Crippen LogP contribution in [0.25, 0.3) is 0 Å². The van der Waals surface area contributed by atoms with Gasteiger partial charge in [0.25, 0.3) is 11.8 Å². The third-order valence-corrected chi connectivity index (χ3v) is 4.05. The Bertz CT molecular complexity index is 762. The molecule has 0 aliphatic heterocycles. The molecule has 27 heavy (non-hydrogen) atoms. The van der Waals surface area contributed by atoms with Gasteiger partial charge in [0.05, 0.1) is 0 Å². The fourth-order valence-corrected chi connectivity index (χ4v) is 2.37. The first-order chi connectivity index (χ1) is 13.0. The zero-order chi connectivity index (χ0) is 19.6. The van der Waals surface area contributed by atoms with Crippen LogP contribution >= 0.6 is 0 Å². The van der Waals surface area contributed by atoms with Crippen LogP contribution in [0.1, 0.15) is 42.2 Å². The van der Waals surface area contributed by atoms with Gasteiger partial charge in [0.2, 0.25) is 0 Å². The summed E-state index contributed by atoms with van der Waals surface area (Å²) in [5, 5.41) is 5.41. The summed E-state index contributed by atoms with van der Waals surface area (Å²) in [6.07, 6.45) is 0.777. The lowest BCUT2D eigenvalue weighted by atomic mass is 10.1. The lowest BCUT2D eigenvalue weighted by Gasteiger charge is -2.18. The summed E-state index contributed by atoms with van der Waals surface area (Å²) in [5.74, 6) is -1.46. The molecule has 2 N–H and O–H groups in total. The topological polar surface area (TPSA) is 84.5 Å². The van der Waals surface area contributed by atoms with Gasteiger partial charge in [-0.25, -0.2) is 4.79 Å². The van der Waals surface area contributed by atoms with Crippen molar-refractivity contribution >= 4 is 17.8 Å². The van der Waals surface area contributed by atoms with Crippen LogP contribution in [0, 0.1) is 0 Å². The van der Waals surface area contributed by atoms with Crippen LogP contribution < -0.4 is 10.6 Å². The molecule has 6 nitrogen and oxygen atoms in total. The average Bonchev–Trinajstić information content (AvgIpc) is 2.71. The fraction of sp³-hybridized carbons (Fsp3) is 0.286. The molecule has 142 valence electrons. The lowest BCUT2D eigenvalue weighted by Crippen LogP contribution is -2.38. The van der Waals surface area contributed by atoms with E-state index in [0.717, 1.165) is 6.42 Å². The Hall–Kier alpha value is -3.15. The first kappa shape index (κ1) is 20.2. The zero-order valence-corrected chi connectivity index (χ0v) is 15.5. The standard InChI is InChI=1S/C21H24N2O4/c1-3-15(2)22-18(24)14-27-21(26)19(16-10-6-4-7-11-16)23-20(25)17-12-8-5-9-13-17/h4-13,15,19H,3,14H2,1-2H3,(H,22,24)(H,23,25). The van der Waals surface area contributed by atoms with E-state index in [0.29, 0.717) is 11.1 Å². The Kier molecular flexibility index (Phi) is 7.55. The van der Waals surface area contributed by atoms with Crippen molar-refractivity contribution in [3.8, 4) is 0 Å². The lowest BCUT2D eigenvalue weighted by molar-refractivity contribution is -0.150. The molecular formula is C21H24N2O4. The second kappa shape index (κ2) is 10.1. The van der Waals surface area contributed by atoms with E-state index in [2.05, 4.69) is 10.6 Å². The molecule has 2 aromatic rings. The second-order valence-corrected chi connectivity index (χ2v) is 6.17. The van der Waals surface area contributed by atoms with Crippen molar-refractivity contribution in [2.75, 3.05) is 6.61 Å². The first-order valence-electron chi connectivity index (χ1n) is 8.88. The van der Waals surface area contributed by atoms with Crippen LogP contribution in [0.2, 0.25) is 0 Å². The van der Waals surface area contributed by atoms with Gasteiger partial charge >= 0.3 is 5.97 Å². The molecule has 0 aliphatic rings. The number of esters is 1. The minimum absolute atomic E-state index is 0.00101. The fourth-order valence-electron chi connectivity index (χ4n) is 2.37. The molecule has 0 heterocycles. The van der Waals surface area contributed by atoms with E-state index in [1.807, 2.05) is 19.9 Å². The number of rotatable bonds is 8. The third-order valence-electron chi connectivity index (χ3n) is 4.05. The molecule has 2 amide bonds. The highest BCUT2D eigenvalue weighted by atomic mass is 16.5. The zero-order valence-electron chi connectivity index (χ0n) is 15.5. The minimum atomic E-state index is -1.00. The molecule has 0 bridgehead atoms. The molecule has 6 heteroatoms. The number of hydrogen-bond acceptors (Lipinski definition) is 4. The van der Waals surface area contributed by atoms with Crippen LogP contribution in [0.4, 0.5) is 0 Å². The molecule has 0 saturated carbocycles. The van der Waals surface area contributed by atoms with Gasteiger partial charge in [-0.05, 0) is 31.0 Å². The van der Waals surface area contributed by atoms with Crippen LogP contribution in [0.5, 0.6) is 0 Å². The molecule has 0 radical (unpaired) electrons. The molecule has 2 aromatic carbocycles. The van der Waals surface area contributed by atoms with E-state index in [-0.39, 0.29) is 11.9 Å². The molecule has 2 atom stereocenters. The number of nitrogens with one attached hydrogen (secondary N) is 2. The Morgan fingerprint density at radius 2 is 1.52 bits per heavy atom. The van der Waals surface area contributed by atoms with Crippen LogP contribution in [-0.4, -0.2) is 30.4 Å². The summed E-state index contributed by atoms with van der Waals surface area (Å²) in [5.41, 5.74) is 1.01. The molecule has 0 spiro atoms. The first-order valence-corrected chi connectivity index (χ1v) is 8.88. The van der Waals surface area contributed by atoms with Crippen molar-refractivity contribution < 1.29 is 19.1 Å². The van der Waals surface area contributed by atoms with Gasteiger partial charge in [-0.2, -0.15) is 0 Å². The maximum atomic E-state index is 12.6. The smallest absolute Gasteiger partial charge is 0.333 e. The number of carbonyl (C=O) groups is 3. The van der Waals surface area contributed by atoms with Gasteiger partial charge in [-0.15, -0.1) is 0 Å². The highest BCUT2D eigenvalue weighted by Gasteiger charge is 2.25. The van der Waals surface area contributed by atoms with Gasteiger partial charge in [-0.3, -0.25) is 9.59 Å². The maximum absolute atomic E-state index is 12.6. The SMILES string of the molecule is CCC(C)NC(=O)COC(=O)C(NC(=O)c1ccccc1)c1ccccc1. The monoisotopic (exact) mass is 368 g/mol. The van der Waals surface area contributed by atoms with Crippen molar-refractivity contribution in [1.82, 2.24) is 10.6 Å². The van der Waals surface area contributed by atoms with Crippen molar-refractivity contribution in [2.24, 2.45) is 0 Å². The van der Waals surface area contributed by atoms with E-state index in [1.165, 1.54) is 0 Å². The number of benzene rings is 2. The Balaban J connectivity index is 2.07. The number of amides is 2. The van der Waals surface area contributed by atoms with Gasteiger partial charge in [-0.1, -0.05) is 55.5 Å². The number of carbonyl (C=O) groups excluding carboxylic acids is 3. The highest BCUT2D eigenvalue weighted by Crippen LogP contribution is 2.15. The van der Waals surface area contributed by atoms with Gasteiger partial charge in [0, 0.05) is 11.6 Å². The van der Waals surface area contributed by atoms with Crippen molar-refractivity contribution in [3.05, 3.63) is 71.8 Å². The van der Waals surface area contributed by atoms with E-state index in [4.69, 9.17) is 4.74 Å². The van der Waals surface area contributed by atoms with Gasteiger partial charge in [0.15, 0.2) is 12.6 Å². The predicted octanol–water partition coefficient (Wildman–Crippen LogP) is 2.62. The normalized spacial score (nSPS) is 12.5. The summed E-state index contributed by atoms with van der Waals surface area (Å²) in [6.45, 7) is 3.42. The molecule has 2 rings (SSSR count). The van der Waals surface area contributed by atoms with Crippen molar-refractivity contribution in [1.29, 1.82) is 0 Å². The van der Waals surface area contributed by atoms with E-state index in [1.54, 1.807) is 54.6 Å². The quantitative estimate of drug-likeness (QED) is 0.702. The molecule has 0 aromatic heterocycles.